The molecule has 2 saturated carbocycles. The number of hydrogen-bond acceptors (Lipinski definition) is 2. The van der Waals surface area contributed by atoms with E-state index in [-0.39, 0.29) is 12.4 Å². The predicted octanol–water partition coefficient (Wildman–Crippen LogP) is 3.66. The summed E-state index contributed by atoms with van der Waals surface area (Å²) in [6.45, 7) is 2.27. The van der Waals surface area contributed by atoms with Crippen LogP contribution in [0.2, 0.25) is 0 Å². The second-order valence-electron chi connectivity index (χ2n) is 7.61. The van der Waals surface area contributed by atoms with Crippen molar-refractivity contribution >= 4 is 18.3 Å². The van der Waals surface area contributed by atoms with E-state index in [0.29, 0.717) is 11.9 Å². The van der Waals surface area contributed by atoms with Crippen LogP contribution in [0.4, 0.5) is 0 Å². The second-order valence-corrected chi connectivity index (χ2v) is 7.61. The summed E-state index contributed by atoms with van der Waals surface area (Å²) in [7, 11) is 0. The van der Waals surface area contributed by atoms with Crippen LogP contribution < -0.4 is 10.6 Å². The Bertz CT molecular complexity index is 344. The number of fused-ring (bicyclic) bond motifs is 1. The number of amides is 1. The summed E-state index contributed by atoms with van der Waals surface area (Å²) in [5.74, 6) is 2.96. The molecular weight excluding hydrogens is 296 g/mol. The fraction of sp³-hybridized carbons (Fsp3) is 0.944. The van der Waals surface area contributed by atoms with Crippen LogP contribution in [0.5, 0.6) is 0 Å². The van der Waals surface area contributed by atoms with Crippen LogP contribution in [0.15, 0.2) is 0 Å². The quantitative estimate of drug-likeness (QED) is 0.826. The van der Waals surface area contributed by atoms with Gasteiger partial charge < -0.3 is 10.6 Å². The summed E-state index contributed by atoms with van der Waals surface area (Å²) in [6, 6.07) is 0.477. The molecule has 0 spiro atoms. The summed E-state index contributed by atoms with van der Waals surface area (Å²) >= 11 is 0. The normalized spacial score (nSPS) is 32.6. The standard InChI is InChI=1S/C18H32N2O.ClH/c21-18(8-5-14-9-11-19-12-10-14)20-17-7-6-15-3-1-2-4-16(15)13-17;/h14-17,19H,1-13H2,(H,20,21);1H. The first-order valence-electron chi connectivity index (χ1n) is 9.31. The van der Waals surface area contributed by atoms with Gasteiger partial charge in [0.2, 0.25) is 5.91 Å². The Labute approximate surface area is 141 Å². The number of rotatable bonds is 4. The monoisotopic (exact) mass is 328 g/mol. The van der Waals surface area contributed by atoms with E-state index in [1.165, 1.54) is 57.8 Å². The number of carbonyl (C=O) groups excluding carboxylic acids is 1. The van der Waals surface area contributed by atoms with Crippen LogP contribution in [-0.2, 0) is 4.79 Å². The van der Waals surface area contributed by atoms with E-state index in [2.05, 4.69) is 10.6 Å². The van der Waals surface area contributed by atoms with Gasteiger partial charge in [0.1, 0.15) is 0 Å². The van der Waals surface area contributed by atoms with E-state index in [1.807, 2.05) is 0 Å². The van der Waals surface area contributed by atoms with Crippen molar-refractivity contribution in [3.8, 4) is 0 Å². The van der Waals surface area contributed by atoms with E-state index >= 15 is 0 Å². The van der Waals surface area contributed by atoms with Gasteiger partial charge in [-0.1, -0.05) is 25.7 Å². The van der Waals surface area contributed by atoms with E-state index in [4.69, 9.17) is 0 Å². The van der Waals surface area contributed by atoms with Gasteiger partial charge in [-0.05, 0) is 69.4 Å². The molecule has 3 fully saturated rings. The molecule has 2 aliphatic carbocycles. The zero-order valence-electron chi connectivity index (χ0n) is 13.8. The zero-order valence-corrected chi connectivity index (χ0v) is 14.6. The average Bonchev–Trinajstić information content (AvgIpc) is 2.54. The Morgan fingerprint density at radius 2 is 1.68 bits per heavy atom. The van der Waals surface area contributed by atoms with E-state index in [9.17, 15) is 4.79 Å². The Hall–Kier alpha value is -0.280. The van der Waals surface area contributed by atoms with Gasteiger partial charge in [-0.3, -0.25) is 4.79 Å². The molecule has 3 atom stereocenters. The van der Waals surface area contributed by atoms with Gasteiger partial charge >= 0.3 is 0 Å². The first-order valence-corrected chi connectivity index (χ1v) is 9.31. The molecule has 3 aliphatic rings. The first-order chi connectivity index (χ1) is 10.3. The van der Waals surface area contributed by atoms with Gasteiger partial charge in [0, 0.05) is 12.5 Å². The molecule has 0 bridgehead atoms. The maximum atomic E-state index is 12.2. The van der Waals surface area contributed by atoms with Crippen LogP contribution in [0.1, 0.15) is 70.6 Å². The highest BCUT2D eigenvalue weighted by molar-refractivity contribution is 5.85. The number of nitrogens with one attached hydrogen (secondary N) is 2. The van der Waals surface area contributed by atoms with Crippen LogP contribution in [0, 0.1) is 17.8 Å². The lowest BCUT2D eigenvalue weighted by Gasteiger charge is -2.39. The SMILES string of the molecule is Cl.O=C(CCC1CCNCC1)NC1CCC2CCCCC2C1. The van der Waals surface area contributed by atoms with Gasteiger partial charge in [0.05, 0.1) is 0 Å². The molecule has 3 unspecified atom stereocenters. The van der Waals surface area contributed by atoms with Gasteiger partial charge in [0.25, 0.3) is 0 Å². The number of carbonyl (C=O) groups is 1. The van der Waals surface area contributed by atoms with Crippen LogP contribution in [0.25, 0.3) is 0 Å². The van der Waals surface area contributed by atoms with Crippen molar-refractivity contribution in [2.75, 3.05) is 13.1 Å². The van der Waals surface area contributed by atoms with Gasteiger partial charge in [-0.25, -0.2) is 0 Å². The third-order valence-electron chi connectivity index (χ3n) is 6.14. The van der Waals surface area contributed by atoms with Gasteiger partial charge in [-0.2, -0.15) is 0 Å². The molecular formula is C18H33ClN2O. The molecule has 0 aromatic carbocycles. The maximum Gasteiger partial charge on any atom is 0.220 e. The van der Waals surface area contributed by atoms with Crippen molar-refractivity contribution < 1.29 is 4.79 Å². The van der Waals surface area contributed by atoms with E-state index in [0.717, 1.165) is 43.7 Å². The molecule has 4 heteroatoms. The highest BCUT2D eigenvalue weighted by atomic mass is 35.5. The zero-order chi connectivity index (χ0) is 14.5. The van der Waals surface area contributed by atoms with Gasteiger partial charge in [-0.15, -0.1) is 12.4 Å². The average molecular weight is 329 g/mol. The molecule has 2 N–H and O–H groups in total. The predicted molar refractivity (Wildman–Crippen MR) is 93.3 cm³/mol. The van der Waals surface area contributed by atoms with E-state index < -0.39 is 0 Å². The molecule has 1 amide bonds. The number of piperidine rings is 1. The molecule has 0 radical (unpaired) electrons. The van der Waals surface area contributed by atoms with Crippen LogP contribution >= 0.6 is 12.4 Å². The van der Waals surface area contributed by atoms with Crippen molar-refractivity contribution in [1.82, 2.24) is 10.6 Å². The Morgan fingerprint density at radius 3 is 2.45 bits per heavy atom. The molecule has 3 nitrogen and oxygen atoms in total. The third-order valence-corrected chi connectivity index (χ3v) is 6.14. The molecule has 0 aromatic heterocycles. The molecule has 1 saturated heterocycles. The number of hydrogen-bond donors (Lipinski definition) is 2. The minimum Gasteiger partial charge on any atom is -0.353 e. The summed E-state index contributed by atoms with van der Waals surface area (Å²) in [6.07, 6.45) is 13.9. The van der Waals surface area contributed by atoms with Crippen molar-refractivity contribution in [2.24, 2.45) is 17.8 Å². The largest absolute Gasteiger partial charge is 0.353 e. The number of halogens is 1. The lowest BCUT2D eigenvalue weighted by atomic mass is 9.69. The second kappa shape index (κ2) is 9.12. The Kier molecular flexibility index (Phi) is 7.49. The van der Waals surface area contributed by atoms with E-state index in [1.54, 1.807) is 0 Å². The molecule has 128 valence electrons. The topological polar surface area (TPSA) is 41.1 Å². The molecule has 22 heavy (non-hydrogen) atoms. The third kappa shape index (κ3) is 5.13. The van der Waals surface area contributed by atoms with Crippen molar-refractivity contribution in [3.63, 3.8) is 0 Å². The lowest BCUT2D eigenvalue weighted by molar-refractivity contribution is -0.122. The Balaban J connectivity index is 0.00000176. The Morgan fingerprint density at radius 1 is 0.955 bits per heavy atom. The first kappa shape index (κ1) is 18.1. The fourth-order valence-corrected chi connectivity index (χ4v) is 4.81. The smallest absolute Gasteiger partial charge is 0.220 e. The maximum absolute atomic E-state index is 12.2. The minimum absolute atomic E-state index is 0. The highest BCUT2D eigenvalue weighted by Crippen LogP contribution is 2.40. The lowest BCUT2D eigenvalue weighted by Crippen LogP contribution is -2.41. The molecule has 0 aromatic rings. The molecule has 1 aliphatic heterocycles. The van der Waals surface area contributed by atoms with Gasteiger partial charge in [0.15, 0.2) is 0 Å². The molecule has 1 heterocycles. The summed E-state index contributed by atoms with van der Waals surface area (Å²) in [5.41, 5.74) is 0. The summed E-state index contributed by atoms with van der Waals surface area (Å²) in [5, 5.41) is 6.73. The van der Waals surface area contributed by atoms with Crippen LogP contribution in [-0.4, -0.2) is 25.0 Å². The summed E-state index contributed by atoms with van der Waals surface area (Å²) in [4.78, 5) is 12.2. The minimum atomic E-state index is 0. The fourth-order valence-electron chi connectivity index (χ4n) is 4.81. The van der Waals surface area contributed by atoms with Crippen molar-refractivity contribution in [2.45, 2.75) is 76.7 Å². The highest BCUT2D eigenvalue weighted by Gasteiger charge is 2.32. The van der Waals surface area contributed by atoms with Crippen LogP contribution in [0.3, 0.4) is 0 Å². The summed E-state index contributed by atoms with van der Waals surface area (Å²) < 4.78 is 0. The molecule has 3 rings (SSSR count). The van der Waals surface area contributed by atoms with Crippen molar-refractivity contribution in [3.05, 3.63) is 0 Å². The van der Waals surface area contributed by atoms with Crippen molar-refractivity contribution in [1.29, 1.82) is 0 Å².